The lowest BCUT2D eigenvalue weighted by atomic mass is 9.82. The van der Waals surface area contributed by atoms with E-state index in [1.54, 1.807) is 4.90 Å². The molecule has 1 heterocycles. The Bertz CT molecular complexity index is 1620. The summed E-state index contributed by atoms with van der Waals surface area (Å²) in [5.41, 5.74) is 4.01. The van der Waals surface area contributed by atoms with E-state index in [0.29, 0.717) is 18.5 Å². The van der Waals surface area contributed by atoms with Gasteiger partial charge in [0, 0.05) is 11.5 Å². The van der Waals surface area contributed by atoms with Gasteiger partial charge in [0.25, 0.3) is 0 Å². The fraction of sp³-hybridized carbons (Fsp3) is 0.351. The largest absolute Gasteiger partial charge is 0.488 e. The zero-order valence-electron chi connectivity index (χ0n) is 25.9. The van der Waals surface area contributed by atoms with Gasteiger partial charge < -0.3 is 14.2 Å². The molecule has 0 spiro atoms. The van der Waals surface area contributed by atoms with Crippen molar-refractivity contribution in [3.8, 4) is 5.75 Å². The van der Waals surface area contributed by atoms with E-state index in [1.807, 2.05) is 83.1 Å². The summed E-state index contributed by atoms with van der Waals surface area (Å²) in [5, 5.41) is 2.22. The van der Waals surface area contributed by atoms with E-state index >= 15 is 0 Å². The highest BCUT2D eigenvalue weighted by atomic mass is 16.6. The highest BCUT2D eigenvalue weighted by Crippen LogP contribution is 2.42. The average Bonchev–Trinajstić information content (AvgIpc) is 3.01. The van der Waals surface area contributed by atoms with Crippen LogP contribution in [0.1, 0.15) is 85.6 Å². The maximum Gasteiger partial charge on any atom is 0.410 e. The second kappa shape index (κ2) is 12.5. The minimum atomic E-state index is -0.651. The third-order valence-electron chi connectivity index (χ3n) is 8.18. The molecule has 0 aromatic heterocycles. The summed E-state index contributed by atoms with van der Waals surface area (Å²) in [6, 6.07) is 28.2. The van der Waals surface area contributed by atoms with Gasteiger partial charge in [-0.1, -0.05) is 79.7 Å². The molecule has 5 rings (SSSR count). The zero-order valence-corrected chi connectivity index (χ0v) is 25.9. The fourth-order valence-corrected chi connectivity index (χ4v) is 6.05. The third-order valence-corrected chi connectivity index (χ3v) is 8.18. The minimum Gasteiger partial charge on any atom is -0.488 e. The molecule has 6 heteroatoms. The molecule has 0 saturated carbocycles. The lowest BCUT2D eigenvalue weighted by molar-refractivity contribution is 0.00569. The minimum absolute atomic E-state index is 0.0300. The molecular formula is C37H41NO5. The molecule has 0 aliphatic carbocycles. The van der Waals surface area contributed by atoms with Crippen molar-refractivity contribution in [3.63, 3.8) is 0 Å². The van der Waals surface area contributed by atoms with Gasteiger partial charge >= 0.3 is 12.1 Å². The number of fused-ring (bicyclic) bond motifs is 2. The Kier molecular flexibility index (Phi) is 8.77. The monoisotopic (exact) mass is 579 g/mol. The zero-order chi connectivity index (χ0) is 30.7. The molecule has 0 bridgehead atoms. The lowest BCUT2D eigenvalue weighted by Gasteiger charge is -2.38. The van der Waals surface area contributed by atoms with Gasteiger partial charge in [0.2, 0.25) is 0 Å². The van der Waals surface area contributed by atoms with Crippen LogP contribution in [0.15, 0.2) is 84.9 Å². The van der Waals surface area contributed by atoms with Gasteiger partial charge in [-0.05, 0) is 80.1 Å². The smallest absolute Gasteiger partial charge is 0.410 e. The van der Waals surface area contributed by atoms with Crippen LogP contribution in [0.3, 0.4) is 0 Å². The van der Waals surface area contributed by atoms with Crippen LogP contribution in [0.25, 0.3) is 10.8 Å². The maximum atomic E-state index is 13.8. The highest BCUT2D eigenvalue weighted by molar-refractivity contribution is 5.91. The Morgan fingerprint density at radius 3 is 2.44 bits per heavy atom. The second-order valence-electron chi connectivity index (χ2n) is 12.2. The van der Waals surface area contributed by atoms with Crippen LogP contribution < -0.4 is 4.74 Å². The number of ether oxygens (including phenoxy) is 3. The number of hydrogen-bond donors (Lipinski definition) is 0. The molecule has 1 aliphatic heterocycles. The van der Waals surface area contributed by atoms with E-state index in [0.717, 1.165) is 45.2 Å². The van der Waals surface area contributed by atoms with Crippen molar-refractivity contribution in [3.05, 3.63) is 113 Å². The topological polar surface area (TPSA) is 65.1 Å². The molecule has 4 aromatic rings. The molecule has 0 N–H and O–H groups in total. The van der Waals surface area contributed by atoms with Gasteiger partial charge in [-0.25, -0.2) is 9.59 Å². The first-order valence-electron chi connectivity index (χ1n) is 15.0. The van der Waals surface area contributed by atoms with Crippen LogP contribution in [0.5, 0.6) is 5.75 Å². The van der Waals surface area contributed by atoms with Gasteiger partial charge in [0.15, 0.2) is 0 Å². The number of aryl methyl sites for hydroxylation is 1. The number of amides is 1. The second-order valence-corrected chi connectivity index (χ2v) is 12.2. The van der Waals surface area contributed by atoms with Crippen molar-refractivity contribution in [2.24, 2.45) is 0 Å². The molecule has 1 amide bonds. The molecule has 0 fully saturated rings. The van der Waals surface area contributed by atoms with Crippen LogP contribution in [0, 0.1) is 0 Å². The van der Waals surface area contributed by atoms with Crippen molar-refractivity contribution in [2.75, 3.05) is 13.7 Å². The van der Waals surface area contributed by atoms with Crippen molar-refractivity contribution >= 4 is 22.8 Å². The van der Waals surface area contributed by atoms with Crippen LogP contribution in [0.4, 0.5) is 4.79 Å². The third kappa shape index (κ3) is 6.53. The number of nitrogens with zero attached hydrogens (tertiary/aromatic N) is 1. The van der Waals surface area contributed by atoms with Gasteiger partial charge in [-0.2, -0.15) is 0 Å². The summed E-state index contributed by atoms with van der Waals surface area (Å²) in [7, 11) is 1.41. The number of esters is 1. The molecule has 0 radical (unpaired) electrons. The first-order chi connectivity index (χ1) is 20.6. The molecule has 3 unspecified atom stereocenters. The number of para-hydroxylation sites is 1. The number of carbonyl (C=O) groups excluding carboxylic acids is 2. The quantitative estimate of drug-likeness (QED) is 0.206. The summed E-state index contributed by atoms with van der Waals surface area (Å²) in [6.07, 6.45) is 0.670. The Labute approximate surface area is 254 Å². The van der Waals surface area contributed by atoms with Crippen molar-refractivity contribution in [1.82, 2.24) is 4.90 Å². The summed E-state index contributed by atoms with van der Waals surface area (Å²) >= 11 is 0. The van der Waals surface area contributed by atoms with Gasteiger partial charge in [0.05, 0.1) is 25.3 Å². The van der Waals surface area contributed by atoms with Crippen LogP contribution in [0.2, 0.25) is 0 Å². The van der Waals surface area contributed by atoms with Crippen molar-refractivity contribution < 1.29 is 23.8 Å². The molecule has 6 nitrogen and oxygen atoms in total. The number of hydrogen-bond acceptors (Lipinski definition) is 5. The van der Waals surface area contributed by atoms with Crippen LogP contribution >= 0.6 is 0 Å². The molecular weight excluding hydrogens is 538 g/mol. The normalized spacial score (nSPS) is 17.0. The van der Waals surface area contributed by atoms with E-state index in [2.05, 4.69) is 36.4 Å². The Balaban J connectivity index is 1.52. The molecule has 43 heavy (non-hydrogen) atoms. The van der Waals surface area contributed by atoms with Crippen molar-refractivity contribution in [1.29, 1.82) is 0 Å². The number of rotatable bonds is 7. The molecule has 0 saturated heterocycles. The standard InChI is InChI=1S/C37H41NO5/c1-7-25-19-20-27(21-33(25)35(39)41-6)32-22-28(42-34-18-11-10-16-31(32)34)23-38(36(40)43-37(3,4)5)24(2)29-17-12-14-26-13-8-9-15-30(26)29/h8-21,24,28,32H,7,22-23H2,1-6H3. The predicted molar refractivity (Wildman–Crippen MR) is 170 cm³/mol. The maximum absolute atomic E-state index is 13.8. The molecule has 3 atom stereocenters. The van der Waals surface area contributed by atoms with E-state index < -0.39 is 5.60 Å². The van der Waals surface area contributed by atoms with E-state index in [4.69, 9.17) is 14.2 Å². The average molecular weight is 580 g/mol. The Morgan fingerprint density at radius 1 is 0.977 bits per heavy atom. The first kappa shape index (κ1) is 30.1. The Hall–Kier alpha value is -4.32. The fourth-order valence-electron chi connectivity index (χ4n) is 6.05. The SMILES string of the molecule is CCc1ccc(C2CC(CN(C(=O)OC(C)(C)C)C(C)c3cccc4ccccc34)Oc3ccccc32)cc1C(=O)OC. The summed E-state index contributed by atoms with van der Waals surface area (Å²) in [6.45, 7) is 10.1. The van der Waals surface area contributed by atoms with Gasteiger partial charge in [-0.3, -0.25) is 4.90 Å². The van der Waals surface area contributed by atoms with Gasteiger partial charge in [0.1, 0.15) is 17.5 Å². The lowest BCUT2D eigenvalue weighted by Crippen LogP contribution is -2.45. The highest BCUT2D eigenvalue weighted by Gasteiger charge is 2.35. The van der Waals surface area contributed by atoms with Gasteiger partial charge in [-0.15, -0.1) is 0 Å². The van der Waals surface area contributed by atoms with Crippen molar-refractivity contribution in [2.45, 2.75) is 71.1 Å². The number of methoxy groups -OCH3 is 1. The predicted octanol–water partition coefficient (Wildman–Crippen LogP) is 8.47. The van der Waals surface area contributed by atoms with Crippen LogP contribution in [-0.2, 0) is 15.9 Å². The van der Waals surface area contributed by atoms with E-state index in [-0.39, 0.29) is 30.1 Å². The number of carbonyl (C=O) groups is 2. The first-order valence-corrected chi connectivity index (χ1v) is 15.0. The van der Waals surface area contributed by atoms with E-state index in [9.17, 15) is 9.59 Å². The molecule has 4 aromatic carbocycles. The van der Waals surface area contributed by atoms with E-state index in [1.165, 1.54) is 7.11 Å². The number of benzene rings is 4. The summed E-state index contributed by atoms with van der Waals surface area (Å²) in [4.78, 5) is 28.3. The molecule has 1 aliphatic rings. The summed E-state index contributed by atoms with van der Waals surface area (Å²) < 4.78 is 17.6. The summed E-state index contributed by atoms with van der Waals surface area (Å²) in [5.74, 6) is 0.415. The Morgan fingerprint density at radius 2 is 1.70 bits per heavy atom. The molecule has 224 valence electrons. The van der Waals surface area contributed by atoms with Crippen LogP contribution in [-0.4, -0.2) is 42.3 Å².